The average molecular weight is 420 g/mol. The first-order valence-electron chi connectivity index (χ1n) is 9.28. The number of nitrogens with zero attached hydrogens (tertiary/aromatic N) is 1. The van der Waals surface area contributed by atoms with Gasteiger partial charge in [0.05, 0.1) is 24.4 Å². The molecule has 4 rings (SSSR count). The number of aliphatic hydroxyl groups is 1. The van der Waals surface area contributed by atoms with E-state index in [1.165, 1.54) is 12.0 Å². The lowest BCUT2D eigenvalue weighted by Crippen LogP contribution is -2.29. The van der Waals surface area contributed by atoms with Crippen LogP contribution in [0.2, 0.25) is 5.02 Å². The normalized spacial score (nSPS) is 17.9. The van der Waals surface area contributed by atoms with E-state index in [2.05, 4.69) is 0 Å². The van der Waals surface area contributed by atoms with Crippen LogP contribution in [0, 0.1) is 0 Å². The zero-order chi connectivity index (χ0) is 21.3. The molecule has 3 aromatic rings. The molecule has 30 heavy (non-hydrogen) atoms. The van der Waals surface area contributed by atoms with Crippen molar-refractivity contribution in [2.45, 2.75) is 6.04 Å². The van der Waals surface area contributed by atoms with Crippen molar-refractivity contribution < 1.29 is 19.4 Å². The van der Waals surface area contributed by atoms with E-state index < -0.39 is 17.7 Å². The van der Waals surface area contributed by atoms with E-state index in [4.69, 9.17) is 16.3 Å². The molecule has 1 N–H and O–H groups in total. The quantitative estimate of drug-likeness (QED) is 0.368. The van der Waals surface area contributed by atoms with Gasteiger partial charge in [0, 0.05) is 10.6 Å². The maximum atomic E-state index is 13.1. The number of carbonyl (C=O) groups excluding carboxylic acids is 2. The van der Waals surface area contributed by atoms with E-state index in [9.17, 15) is 14.7 Å². The lowest BCUT2D eigenvalue weighted by molar-refractivity contribution is -0.132. The van der Waals surface area contributed by atoms with E-state index in [1.54, 1.807) is 78.9 Å². The summed E-state index contributed by atoms with van der Waals surface area (Å²) in [6, 6.07) is 21.6. The molecule has 1 fully saturated rings. The van der Waals surface area contributed by atoms with E-state index >= 15 is 0 Å². The van der Waals surface area contributed by atoms with Gasteiger partial charge in [-0.25, -0.2) is 0 Å². The maximum Gasteiger partial charge on any atom is 0.300 e. The molecule has 1 heterocycles. The van der Waals surface area contributed by atoms with Gasteiger partial charge >= 0.3 is 0 Å². The van der Waals surface area contributed by atoms with Gasteiger partial charge in [-0.1, -0.05) is 66.2 Å². The number of anilines is 1. The minimum atomic E-state index is -0.834. The smallest absolute Gasteiger partial charge is 0.300 e. The van der Waals surface area contributed by atoms with E-state index in [0.717, 1.165) is 0 Å². The lowest BCUT2D eigenvalue weighted by Gasteiger charge is -2.26. The summed E-state index contributed by atoms with van der Waals surface area (Å²) in [5.74, 6) is -1.29. The molecule has 1 aliphatic heterocycles. The molecule has 0 radical (unpaired) electrons. The zero-order valence-electron chi connectivity index (χ0n) is 16.1. The second-order valence-corrected chi connectivity index (χ2v) is 7.19. The summed E-state index contributed by atoms with van der Waals surface area (Å²) >= 11 is 6.04. The van der Waals surface area contributed by atoms with Crippen LogP contribution in [0.3, 0.4) is 0 Å². The van der Waals surface area contributed by atoms with Gasteiger partial charge in [0.25, 0.3) is 11.7 Å². The molecule has 0 saturated carbocycles. The summed E-state index contributed by atoms with van der Waals surface area (Å²) in [7, 11) is 1.50. The van der Waals surface area contributed by atoms with Crippen LogP contribution in [0.5, 0.6) is 5.75 Å². The monoisotopic (exact) mass is 419 g/mol. The molecule has 1 aliphatic rings. The Hall–Kier alpha value is -3.57. The number of ether oxygens (including phenoxy) is 1. The molecular weight excluding hydrogens is 402 g/mol. The number of rotatable bonds is 4. The van der Waals surface area contributed by atoms with Crippen LogP contribution in [0.1, 0.15) is 17.2 Å². The molecule has 6 heteroatoms. The van der Waals surface area contributed by atoms with Gasteiger partial charge < -0.3 is 9.84 Å². The van der Waals surface area contributed by atoms with E-state index in [0.29, 0.717) is 27.6 Å². The highest BCUT2D eigenvalue weighted by molar-refractivity contribution is 6.52. The maximum absolute atomic E-state index is 13.1. The van der Waals surface area contributed by atoms with Crippen LogP contribution in [-0.2, 0) is 9.59 Å². The van der Waals surface area contributed by atoms with Gasteiger partial charge in [0.2, 0.25) is 0 Å². The highest BCUT2D eigenvalue weighted by Gasteiger charge is 2.47. The predicted molar refractivity (Wildman–Crippen MR) is 116 cm³/mol. The van der Waals surface area contributed by atoms with Gasteiger partial charge in [-0.15, -0.1) is 0 Å². The third-order valence-electron chi connectivity index (χ3n) is 5.02. The molecule has 3 aromatic carbocycles. The number of benzene rings is 3. The second-order valence-electron chi connectivity index (χ2n) is 6.76. The molecule has 1 unspecified atom stereocenters. The zero-order valence-corrected chi connectivity index (χ0v) is 16.8. The summed E-state index contributed by atoms with van der Waals surface area (Å²) in [4.78, 5) is 27.6. The Morgan fingerprint density at radius 2 is 1.57 bits per heavy atom. The summed E-state index contributed by atoms with van der Waals surface area (Å²) in [5.41, 5.74) is 1.55. The molecule has 1 saturated heterocycles. The Morgan fingerprint density at radius 1 is 0.933 bits per heavy atom. The Morgan fingerprint density at radius 3 is 2.23 bits per heavy atom. The molecule has 0 aromatic heterocycles. The molecule has 1 amide bonds. The number of ketones is 1. The third-order valence-corrected chi connectivity index (χ3v) is 5.27. The van der Waals surface area contributed by atoms with E-state index in [-0.39, 0.29) is 11.3 Å². The third kappa shape index (κ3) is 3.33. The number of carbonyl (C=O) groups is 2. The van der Waals surface area contributed by atoms with Crippen molar-refractivity contribution in [3.63, 3.8) is 0 Å². The van der Waals surface area contributed by atoms with Gasteiger partial charge in [0.15, 0.2) is 0 Å². The first-order chi connectivity index (χ1) is 14.5. The van der Waals surface area contributed by atoms with Gasteiger partial charge in [-0.3, -0.25) is 14.5 Å². The van der Waals surface area contributed by atoms with Crippen LogP contribution in [0.15, 0.2) is 84.4 Å². The van der Waals surface area contributed by atoms with Crippen LogP contribution in [0.4, 0.5) is 5.69 Å². The predicted octanol–water partition coefficient (Wildman–Crippen LogP) is 4.97. The minimum absolute atomic E-state index is 0.0134. The van der Waals surface area contributed by atoms with E-state index in [1.807, 2.05) is 0 Å². The summed E-state index contributed by atoms with van der Waals surface area (Å²) in [6.45, 7) is 0. The van der Waals surface area contributed by atoms with Gasteiger partial charge in [-0.05, 0) is 29.8 Å². The number of methoxy groups -OCH3 is 1. The highest BCUT2D eigenvalue weighted by atomic mass is 35.5. The fourth-order valence-corrected chi connectivity index (χ4v) is 3.75. The van der Waals surface area contributed by atoms with Crippen molar-refractivity contribution in [1.29, 1.82) is 0 Å². The summed E-state index contributed by atoms with van der Waals surface area (Å²) in [6.07, 6.45) is 0. The summed E-state index contributed by atoms with van der Waals surface area (Å²) in [5, 5.41) is 11.5. The number of para-hydroxylation sites is 2. The van der Waals surface area contributed by atoms with Gasteiger partial charge in [-0.2, -0.15) is 0 Å². The minimum Gasteiger partial charge on any atom is -0.507 e. The first-order valence-corrected chi connectivity index (χ1v) is 9.65. The largest absolute Gasteiger partial charge is 0.507 e. The van der Waals surface area contributed by atoms with Crippen molar-refractivity contribution >= 4 is 34.7 Å². The molecule has 5 nitrogen and oxygen atoms in total. The molecule has 0 bridgehead atoms. The number of amides is 1. The fraction of sp³-hybridized carbons (Fsp3) is 0.0833. The van der Waals surface area contributed by atoms with Crippen molar-refractivity contribution in [2.24, 2.45) is 0 Å². The lowest BCUT2D eigenvalue weighted by atomic mass is 9.95. The van der Waals surface area contributed by atoms with Crippen molar-refractivity contribution in [2.75, 3.05) is 12.0 Å². The molecular formula is C24H18ClNO4. The number of aliphatic hydroxyl groups excluding tert-OH is 1. The highest BCUT2D eigenvalue weighted by Crippen LogP contribution is 2.44. The topological polar surface area (TPSA) is 66.8 Å². The molecule has 0 spiro atoms. The van der Waals surface area contributed by atoms with Crippen LogP contribution >= 0.6 is 11.6 Å². The van der Waals surface area contributed by atoms with Crippen LogP contribution < -0.4 is 9.64 Å². The SMILES string of the molecule is COc1ccccc1N1C(=O)C(=O)/C(=C(/O)c2ccccc2)C1c1ccc(Cl)cc1. The first kappa shape index (κ1) is 19.7. The Labute approximate surface area is 178 Å². The van der Waals surface area contributed by atoms with Gasteiger partial charge in [0.1, 0.15) is 11.5 Å². The Balaban J connectivity index is 1.97. The second kappa shape index (κ2) is 8.05. The van der Waals surface area contributed by atoms with Crippen molar-refractivity contribution in [1.82, 2.24) is 0 Å². The Bertz CT molecular complexity index is 1140. The molecule has 150 valence electrons. The standard InChI is InChI=1S/C24H18ClNO4/c1-30-19-10-6-5-9-18(19)26-21(15-11-13-17(25)14-12-15)20(23(28)24(26)29)22(27)16-7-3-2-4-8-16/h2-14,21,27H,1H3/b22-20+. The molecule has 0 aliphatic carbocycles. The summed E-state index contributed by atoms with van der Waals surface area (Å²) < 4.78 is 5.42. The fourth-order valence-electron chi connectivity index (χ4n) is 3.62. The number of hydrogen-bond donors (Lipinski definition) is 1. The van der Waals surface area contributed by atoms with Crippen molar-refractivity contribution in [3.8, 4) is 5.75 Å². The Kier molecular flexibility index (Phi) is 5.29. The number of Topliss-reactive ketones (excluding diaryl/α,β-unsaturated/α-hetero) is 1. The number of hydrogen-bond acceptors (Lipinski definition) is 4. The molecule has 1 atom stereocenters. The average Bonchev–Trinajstić information content (AvgIpc) is 3.05. The van der Waals surface area contributed by atoms with Crippen molar-refractivity contribution in [3.05, 3.63) is 101 Å². The van der Waals surface area contributed by atoms with Crippen LogP contribution in [0.25, 0.3) is 5.76 Å². The van der Waals surface area contributed by atoms with Crippen LogP contribution in [-0.4, -0.2) is 23.9 Å². The number of halogens is 1.